The summed E-state index contributed by atoms with van der Waals surface area (Å²) in [6.45, 7) is 4.47. The average Bonchev–Trinajstić information content (AvgIpc) is 2.59. The monoisotopic (exact) mass is 267 g/mol. The van der Waals surface area contributed by atoms with Crippen LogP contribution < -0.4 is 0 Å². The summed E-state index contributed by atoms with van der Waals surface area (Å²) in [4.78, 5) is 10.8. The first kappa shape index (κ1) is 14.3. The van der Waals surface area contributed by atoms with Gasteiger partial charge in [-0.05, 0) is 19.4 Å². The van der Waals surface area contributed by atoms with Crippen LogP contribution in [0, 0.1) is 18.3 Å². The highest BCUT2D eigenvalue weighted by atomic mass is 35.5. The number of nitriles is 1. The summed E-state index contributed by atoms with van der Waals surface area (Å²) in [5, 5.41) is 22.1. The van der Waals surface area contributed by atoms with Crippen molar-refractivity contribution in [2.45, 2.75) is 33.2 Å². The van der Waals surface area contributed by atoms with Gasteiger partial charge in [-0.15, -0.1) is 0 Å². The number of carboxylic acids is 1. The van der Waals surface area contributed by atoms with E-state index in [1.807, 2.05) is 0 Å². The lowest BCUT2D eigenvalue weighted by Gasteiger charge is -2.00. The van der Waals surface area contributed by atoms with Crippen LogP contribution >= 0.6 is 11.6 Å². The van der Waals surface area contributed by atoms with Crippen LogP contribution in [0.4, 0.5) is 0 Å². The van der Waals surface area contributed by atoms with Gasteiger partial charge >= 0.3 is 5.97 Å². The van der Waals surface area contributed by atoms with E-state index in [0.717, 1.165) is 12.8 Å². The van der Waals surface area contributed by atoms with E-state index in [-0.39, 0.29) is 5.57 Å². The highest BCUT2D eigenvalue weighted by Gasteiger charge is 2.14. The zero-order chi connectivity index (χ0) is 13.7. The molecule has 0 atom stereocenters. The number of aliphatic carboxylic acids is 1. The summed E-state index contributed by atoms with van der Waals surface area (Å²) >= 11 is 6.12. The number of aryl methyl sites for hydroxylation is 2. The fourth-order valence-corrected chi connectivity index (χ4v) is 1.79. The minimum Gasteiger partial charge on any atom is -0.477 e. The van der Waals surface area contributed by atoms with Gasteiger partial charge in [0.05, 0.1) is 5.69 Å². The summed E-state index contributed by atoms with van der Waals surface area (Å²) in [5.41, 5.74) is 0.756. The number of aromatic nitrogens is 2. The first-order valence-electron chi connectivity index (χ1n) is 5.59. The highest BCUT2D eigenvalue weighted by molar-refractivity contribution is 6.31. The van der Waals surface area contributed by atoms with Gasteiger partial charge in [-0.2, -0.15) is 10.4 Å². The van der Waals surface area contributed by atoms with Gasteiger partial charge in [-0.1, -0.05) is 24.9 Å². The van der Waals surface area contributed by atoms with E-state index in [1.54, 1.807) is 17.7 Å². The van der Waals surface area contributed by atoms with Crippen LogP contribution in [0.3, 0.4) is 0 Å². The zero-order valence-electron chi connectivity index (χ0n) is 10.3. The summed E-state index contributed by atoms with van der Waals surface area (Å²) in [6.07, 6.45) is 3.21. The second-order valence-corrected chi connectivity index (χ2v) is 4.20. The number of carboxylic acid groups (broad SMARTS) is 1. The lowest BCUT2D eigenvalue weighted by Crippen LogP contribution is -2.00. The third-order valence-electron chi connectivity index (χ3n) is 2.47. The Bertz CT molecular complexity index is 526. The predicted octanol–water partition coefficient (Wildman–Crippen LogP) is 2.64. The van der Waals surface area contributed by atoms with Crippen molar-refractivity contribution in [2.24, 2.45) is 0 Å². The van der Waals surface area contributed by atoms with Gasteiger partial charge in [-0.3, -0.25) is 4.68 Å². The Morgan fingerprint density at radius 3 is 2.83 bits per heavy atom. The zero-order valence-corrected chi connectivity index (χ0v) is 11.0. The van der Waals surface area contributed by atoms with E-state index in [4.69, 9.17) is 22.0 Å². The fourth-order valence-electron chi connectivity index (χ4n) is 1.47. The number of hydrogen-bond acceptors (Lipinski definition) is 3. The number of nitrogens with zero attached hydrogens (tertiary/aromatic N) is 3. The van der Waals surface area contributed by atoms with Gasteiger partial charge in [0.2, 0.25) is 0 Å². The number of hydrogen-bond donors (Lipinski definition) is 1. The molecule has 0 spiro atoms. The summed E-state index contributed by atoms with van der Waals surface area (Å²) in [6, 6.07) is 1.62. The molecule has 0 saturated carbocycles. The molecule has 1 heterocycles. The molecule has 1 aromatic heterocycles. The average molecular weight is 268 g/mol. The maximum Gasteiger partial charge on any atom is 0.346 e. The molecule has 1 N–H and O–H groups in total. The standard InChI is InChI=1S/C12H14ClN3O2/c1-3-4-5-16-11(13)10(8(2)15-16)6-9(7-14)12(17)18/h6H,3-5H2,1-2H3,(H,17,18). The van der Waals surface area contributed by atoms with E-state index in [2.05, 4.69) is 12.0 Å². The number of halogens is 1. The SMILES string of the molecule is CCCCn1nc(C)c(C=C(C#N)C(=O)O)c1Cl. The van der Waals surface area contributed by atoms with E-state index in [0.29, 0.717) is 23.0 Å². The molecule has 0 amide bonds. The molecule has 1 aromatic rings. The fraction of sp³-hybridized carbons (Fsp3) is 0.417. The number of carbonyl (C=O) groups is 1. The molecule has 1 rings (SSSR count). The second kappa shape index (κ2) is 6.22. The van der Waals surface area contributed by atoms with Gasteiger partial charge in [0.15, 0.2) is 0 Å². The van der Waals surface area contributed by atoms with Crippen LogP contribution in [-0.2, 0) is 11.3 Å². The van der Waals surface area contributed by atoms with Crippen LogP contribution in [0.1, 0.15) is 31.0 Å². The van der Waals surface area contributed by atoms with Gasteiger partial charge in [0, 0.05) is 12.1 Å². The van der Waals surface area contributed by atoms with Crippen molar-refractivity contribution in [3.8, 4) is 6.07 Å². The number of rotatable bonds is 5. The Balaban J connectivity index is 3.15. The van der Waals surface area contributed by atoms with Gasteiger partial charge < -0.3 is 5.11 Å². The van der Waals surface area contributed by atoms with E-state index in [9.17, 15) is 4.79 Å². The Hall–Kier alpha value is -1.80. The predicted molar refractivity (Wildman–Crippen MR) is 68.1 cm³/mol. The third kappa shape index (κ3) is 3.11. The Morgan fingerprint density at radius 2 is 2.33 bits per heavy atom. The summed E-state index contributed by atoms with van der Waals surface area (Å²) in [7, 11) is 0. The molecule has 0 bridgehead atoms. The Kier molecular flexibility index (Phi) is 4.93. The molecular formula is C12H14ClN3O2. The molecule has 6 heteroatoms. The molecule has 5 nitrogen and oxygen atoms in total. The van der Waals surface area contributed by atoms with Crippen molar-refractivity contribution < 1.29 is 9.90 Å². The second-order valence-electron chi connectivity index (χ2n) is 3.84. The van der Waals surface area contributed by atoms with Crippen molar-refractivity contribution in [1.82, 2.24) is 9.78 Å². The summed E-state index contributed by atoms with van der Waals surface area (Å²) < 4.78 is 1.63. The molecule has 0 unspecified atom stereocenters. The molecule has 0 aliphatic carbocycles. The normalized spacial score (nSPS) is 11.3. The van der Waals surface area contributed by atoms with Gasteiger partial charge in [-0.25, -0.2) is 4.79 Å². The van der Waals surface area contributed by atoms with Crippen LogP contribution in [0.2, 0.25) is 5.15 Å². The maximum atomic E-state index is 10.8. The smallest absolute Gasteiger partial charge is 0.346 e. The van der Waals surface area contributed by atoms with E-state index >= 15 is 0 Å². The first-order valence-corrected chi connectivity index (χ1v) is 5.97. The van der Waals surface area contributed by atoms with Crippen molar-refractivity contribution in [3.05, 3.63) is 22.0 Å². The Labute approximate surface area is 110 Å². The van der Waals surface area contributed by atoms with Crippen LogP contribution in [-0.4, -0.2) is 20.9 Å². The quantitative estimate of drug-likeness (QED) is 0.657. The van der Waals surface area contributed by atoms with Crippen molar-refractivity contribution >= 4 is 23.6 Å². The molecule has 96 valence electrons. The minimum absolute atomic E-state index is 0.352. The summed E-state index contributed by atoms with van der Waals surface area (Å²) in [5.74, 6) is -1.27. The molecule has 0 aromatic carbocycles. The van der Waals surface area contributed by atoms with Crippen LogP contribution in [0.5, 0.6) is 0 Å². The Morgan fingerprint density at radius 1 is 1.67 bits per heavy atom. The number of unbranched alkanes of at least 4 members (excludes halogenated alkanes) is 1. The van der Waals surface area contributed by atoms with Gasteiger partial charge in [0.1, 0.15) is 16.8 Å². The lowest BCUT2D eigenvalue weighted by molar-refractivity contribution is -0.132. The molecular weight excluding hydrogens is 254 g/mol. The molecule has 0 aliphatic rings. The van der Waals surface area contributed by atoms with E-state index in [1.165, 1.54) is 6.08 Å². The molecule has 0 fully saturated rings. The van der Waals surface area contributed by atoms with Crippen molar-refractivity contribution in [3.63, 3.8) is 0 Å². The van der Waals surface area contributed by atoms with Crippen molar-refractivity contribution in [1.29, 1.82) is 5.26 Å². The minimum atomic E-state index is -1.27. The van der Waals surface area contributed by atoms with E-state index < -0.39 is 5.97 Å². The first-order chi connectivity index (χ1) is 8.51. The van der Waals surface area contributed by atoms with Gasteiger partial charge in [0.25, 0.3) is 0 Å². The molecule has 18 heavy (non-hydrogen) atoms. The lowest BCUT2D eigenvalue weighted by atomic mass is 10.2. The molecule has 0 radical (unpaired) electrons. The topological polar surface area (TPSA) is 78.9 Å². The third-order valence-corrected chi connectivity index (χ3v) is 2.87. The van der Waals surface area contributed by atoms with Crippen LogP contribution in [0.15, 0.2) is 5.57 Å². The van der Waals surface area contributed by atoms with Crippen molar-refractivity contribution in [2.75, 3.05) is 0 Å². The maximum absolute atomic E-state index is 10.8. The molecule has 0 aliphatic heterocycles. The largest absolute Gasteiger partial charge is 0.477 e. The van der Waals surface area contributed by atoms with Crippen LogP contribution in [0.25, 0.3) is 6.08 Å². The highest BCUT2D eigenvalue weighted by Crippen LogP contribution is 2.23. The molecule has 0 saturated heterocycles.